The molecule has 2 atom stereocenters. The number of carbonyl (C=O) groups excluding carboxylic acids is 3. The molecule has 0 saturated heterocycles. The van der Waals surface area contributed by atoms with Crippen LogP contribution >= 0.6 is 11.6 Å². The van der Waals surface area contributed by atoms with Gasteiger partial charge in [0.15, 0.2) is 5.78 Å². The molecule has 0 spiro atoms. The van der Waals surface area contributed by atoms with Gasteiger partial charge in [-0.15, -0.1) is 0 Å². The molecule has 0 aliphatic carbocycles. The number of aromatic nitrogens is 3. The second kappa shape index (κ2) is 10.7. The molecule has 2 aliphatic heterocycles. The van der Waals surface area contributed by atoms with Crippen LogP contribution in [0.1, 0.15) is 67.2 Å². The van der Waals surface area contributed by atoms with Crippen LogP contribution in [-0.2, 0) is 16.6 Å². The summed E-state index contributed by atoms with van der Waals surface area (Å²) in [6, 6.07) is 6.28. The third kappa shape index (κ3) is 5.11. The summed E-state index contributed by atoms with van der Waals surface area (Å²) >= 11 is 6.03. The number of Topliss-reactive ketones (excluding diaryl/α,β-unsaturated/α-hetero) is 1. The summed E-state index contributed by atoms with van der Waals surface area (Å²) in [5, 5.41) is 7.24. The number of nitrogens with one attached hydrogen (secondary N) is 1. The van der Waals surface area contributed by atoms with Crippen LogP contribution in [0, 0.1) is 11.7 Å². The van der Waals surface area contributed by atoms with E-state index in [4.69, 9.17) is 11.6 Å². The van der Waals surface area contributed by atoms with Crippen LogP contribution in [0.5, 0.6) is 0 Å². The fraction of sp³-hybridized carbons (Fsp3) is 0.345. The molecule has 1 aromatic carbocycles. The predicted octanol–water partition coefficient (Wildman–Crippen LogP) is 5.59. The Hall–Kier alpha value is -3.85. The second-order valence-corrected chi connectivity index (χ2v) is 10.5. The van der Waals surface area contributed by atoms with Crippen LogP contribution < -0.4 is 5.32 Å². The molecule has 202 valence electrons. The van der Waals surface area contributed by atoms with Crippen molar-refractivity contribution >= 4 is 40.5 Å². The highest BCUT2D eigenvalue weighted by molar-refractivity contribution is 6.31. The van der Waals surface area contributed by atoms with Crippen molar-refractivity contribution in [3.63, 3.8) is 0 Å². The van der Waals surface area contributed by atoms with Crippen LogP contribution in [0.25, 0.3) is 16.8 Å². The van der Waals surface area contributed by atoms with Crippen molar-refractivity contribution < 1.29 is 18.8 Å². The normalized spacial score (nSPS) is 19.9. The van der Waals surface area contributed by atoms with Gasteiger partial charge >= 0.3 is 0 Å². The SMILES string of the molecule is CC(=O)c1ccc(Cl)c(F)c1C1=CC(=O)N([C@H]2CCC[C@@H](C)C(=O)Nc3cnn(C)c3-c3ccnc2c3)CC1. The van der Waals surface area contributed by atoms with E-state index in [1.807, 2.05) is 26.1 Å². The van der Waals surface area contributed by atoms with Gasteiger partial charge in [-0.2, -0.15) is 5.10 Å². The quantitative estimate of drug-likeness (QED) is 0.429. The van der Waals surface area contributed by atoms with Gasteiger partial charge in [0, 0.05) is 48.5 Å². The highest BCUT2D eigenvalue weighted by atomic mass is 35.5. The monoisotopic (exact) mass is 549 g/mol. The predicted molar refractivity (Wildman–Crippen MR) is 147 cm³/mol. The maximum atomic E-state index is 15.1. The zero-order chi connectivity index (χ0) is 27.8. The van der Waals surface area contributed by atoms with E-state index in [0.29, 0.717) is 43.5 Å². The number of pyridine rings is 1. The minimum Gasteiger partial charge on any atom is -0.330 e. The standard InChI is InChI=1S/C29H29ClFN5O3/c1-16-5-4-6-24(22-13-19(9-11-32-22)28-23(34-29(16)39)15-33-35(28)3)36-12-10-18(14-25(36)38)26-20(17(2)37)7-8-21(30)27(26)31/h7-9,11,13-16,24H,4-6,10,12H2,1-3H3,(H,34,39)/t16-,24+/m1/s1. The Balaban J connectivity index is 1.54. The first-order valence-electron chi connectivity index (χ1n) is 13.0. The lowest BCUT2D eigenvalue weighted by molar-refractivity contribution is -0.129. The fourth-order valence-electron chi connectivity index (χ4n) is 5.44. The molecule has 3 aromatic rings. The van der Waals surface area contributed by atoms with Crippen molar-refractivity contribution in [2.24, 2.45) is 13.0 Å². The Labute approximate surface area is 230 Å². The summed E-state index contributed by atoms with van der Waals surface area (Å²) in [5.41, 5.74) is 3.65. The van der Waals surface area contributed by atoms with Gasteiger partial charge in [0.05, 0.1) is 34.3 Å². The highest BCUT2D eigenvalue weighted by Gasteiger charge is 2.32. The summed E-state index contributed by atoms with van der Waals surface area (Å²) in [6.45, 7) is 3.57. The van der Waals surface area contributed by atoms with Crippen LogP contribution in [0.15, 0.2) is 42.7 Å². The van der Waals surface area contributed by atoms with Crippen molar-refractivity contribution in [2.75, 3.05) is 11.9 Å². The molecule has 2 bridgehead atoms. The average Bonchev–Trinajstić information content (AvgIpc) is 3.27. The Morgan fingerprint density at radius 1 is 1.21 bits per heavy atom. The number of ketones is 1. The minimum atomic E-state index is -0.698. The van der Waals surface area contributed by atoms with Gasteiger partial charge in [-0.1, -0.05) is 24.9 Å². The molecule has 5 rings (SSSR count). The van der Waals surface area contributed by atoms with Crippen LogP contribution in [0.4, 0.5) is 10.1 Å². The van der Waals surface area contributed by atoms with E-state index in [2.05, 4.69) is 15.4 Å². The summed E-state index contributed by atoms with van der Waals surface area (Å²) in [6.07, 6.45) is 7.02. The third-order valence-corrected chi connectivity index (χ3v) is 7.82. The molecule has 0 fully saturated rings. The number of aryl methyl sites for hydroxylation is 1. The van der Waals surface area contributed by atoms with E-state index in [0.717, 1.165) is 17.0 Å². The minimum absolute atomic E-state index is 0.0814. The first-order chi connectivity index (χ1) is 18.7. The maximum absolute atomic E-state index is 15.1. The lowest BCUT2D eigenvalue weighted by Crippen LogP contribution is -2.38. The van der Waals surface area contributed by atoms with Gasteiger partial charge < -0.3 is 10.2 Å². The largest absolute Gasteiger partial charge is 0.330 e. The number of anilines is 1. The molecule has 39 heavy (non-hydrogen) atoms. The molecule has 8 nitrogen and oxygen atoms in total. The molecule has 1 N–H and O–H groups in total. The molecule has 2 aliphatic rings. The number of rotatable bonds is 3. The van der Waals surface area contributed by atoms with E-state index < -0.39 is 5.82 Å². The van der Waals surface area contributed by atoms with Gasteiger partial charge in [-0.25, -0.2) is 4.39 Å². The molecule has 0 saturated carbocycles. The van der Waals surface area contributed by atoms with Crippen LogP contribution in [-0.4, -0.2) is 43.8 Å². The van der Waals surface area contributed by atoms with Gasteiger partial charge in [-0.05, 0) is 56.0 Å². The molecule has 0 radical (unpaired) electrons. The number of hydrogen-bond acceptors (Lipinski definition) is 5. The second-order valence-electron chi connectivity index (χ2n) is 10.1. The van der Waals surface area contributed by atoms with Gasteiger partial charge in [0.1, 0.15) is 5.82 Å². The Bertz CT molecular complexity index is 1510. The molecular weight excluding hydrogens is 521 g/mol. The van der Waals surface area contributed by atoms with Crippen molar-refractivity contribution in [2.45, 2.75) is 45.6 Å². The van der Waals surface area contributed by atoms with Gasteiger partial charge in [0.25, 0.3) is 0 Å². The number of fused-ring (bicyclic) bond motifs is 4. The fourth-order valence-corrected chi connectivity index (χ4v) is 5.59. The van der Waals surface area contributed by atoms with E-state index in [1.54, 1.807) is 22.0 Å². The Kier molecular flexibility index (Phi) is 7.36. The first kappa shape index (κ1) is 26.7. The number of carbonyl (C=O) groups is 3. The van der Waals surface area contributed by atoms with Crippen molar-refractivity contribution in [3.05, 3.63) is 70.4 Å². The maximum Gasteiger partial charge on any atom is 0.247 e. The topological polar surface area (TPSA) is 97.2 Å². The van der Waals surface area contributed by atoms with E-state index in [1.165, 1.54) is 25.1 Å². The molecule has 2 amide bonds. The average molecular weight is 550 g/mol. The van der Waals surface area contributed by atoms with Crippen LogP contribution in [0.2, 0.25) is 5.02 Å². The lowest BCUT2D eigenvalue weighted by atomic mass is 9.90. The molecule has 2 aromatic heterocycles. The number of benzene rings is 1. The number of amides is 2. The summed E-state index contributed by atoms with van der Waals surface area (Å²) in [4.78, 5) is 45.0. The number of hydrogen-bond donors (Lipinski definition) is 1. The first-order valence-corrected chi connectivity index (χ1v) is 13.3. The van der Waals surface area contributed by atoms with Crippen molar-refractivity contribution in [3.8, 4) is 11.3 Å². The molecule has 0 unspecified atom stereocenters. The highest BCUT2D eigenvalue weighted by Crippen LogP contribution is 2.37. The molecular formula is C29H29ClFN5O3. The Morgan fingerprint density at radius 3 is 2.74 bits per heavy atom. The smallest absolute Gasteiger partial charge is 0.247 e. The van der Waals surface area contributed by atoms with Crippen LogP contribution in [0.3, 0.4) is 0 Å². The van der Waals surface area contributed by atoms with E-state index >= 15 is 4.39 Å². The third-order valence-electron chi connectivity index (χ3n) is 7.53. The van der Waals surface area contributed by atoms with E-state index in [9.17, 15) is 14.4 Å². The summed E-state index contributed by atoms with van der Waals surface area (Å²) in [5.74, 6) is -1.60. The molecule has 4 heterocycles. The Morgan fingerprint density at radius 2 is 2.00 bits per heavy atom. The number of nitrogens with zero attached hydrogens (tertiary/aromatic N) is 4. The van der Waals surface area contributed by atoms with Crippen molar-refractivity contribution in [1.29, 1.82) is 0 Å². The van der Waals surface area contributed by atoms with Gasteiger partial charge in [-0.3, -0.25) is 24.0 Å². The van der Waals surface area contributed by atoms with Crippen molar-refractivity contribution in [1.82, 2.24) is 19.7 Å². The lowest BCUT2D eigenvalue weighted by Gasteiger charge is -2.35. The van der Waals surface area contributed by atoms with E-state index in [-0.39, 0.29) is 45.7 Å². The summed E-state index contributed by atoms with van der Waals surface area (Å²) < 4.78 is 16.8. The zero-order valence-corrected chi connectivity index (χ0v) is 22.8. The zero-order valence-electron chi connectivity index (χ0n) is 22.0. The summed E-state index contributed by atoms with van der Waals surface area (Å²) in [7, 11) is 1.81. The number of halogens is 2. The molecule has 10 heteroatoms. The van der Waals surface area contributed by atoms with Gasteiger partial charge in [0.2, 0.25) is 11.8 Å².